The van der Waals surface area contributed by atoms with Gasteiger partial charge in [0.25, 0.3) is 11.8 Å². The summed E-state index contributed by atoms with van der Waals surface area (Å²) in [6.07, 6.45) is 3.09. The average molecular weight is 245 g/mol. The summed E-state index contributed by atoms with van der Waals surface area (Å²) in [7, 11) is 0. The second-order valence-electron chi connectivity index (χ2n) is 4.96. The minimum Gasteiger partial charge on any atom is -0.274 e. The molecule has 0 spiro atoms. The number of nitrogens with zero attached hydrogens (tertiary/aromatic N) is 1. The Labute approximate surface area is 108 Å². The van der Waals surface area contributed by atoms with Crippen molar-refractivity contribution in [2.45, 2.75) is 33.1 Å². The molecule has 1 heterocycles. The third-order valence-electron chi connectivity index (χ3n) is 3.65. The van der Waals surface area contributed by atoms with Gasteiger partial charge in [0, 0.05) is 6.54 Å². The molecule has 3 heteroatoms. The maximum Gasteiger partial charge on any atom is 0.261 e. The van der Waals surface area contributed by atoms with Gasteiger partial charge in [0.1, 0.15) is 0 Å². The molecule has 1 atom stereocenters. The molecule has 2 rings (SSSR count). The lowest BCUT2D eigenvalue weighted by Crippen LogP contribution is -2.30. The lowest BCUT2D eigenvalue weighted by Gasteiger charge is -2.15. The first-order chi connectivity index (χ1) is 8.65. The van der Waals surface area contributed by atoms with Crippen LogP contribution in [0.5, 0.6) is 0 Å². The Morgan fingerprint density at radius 2 is 1.67 bits per heavy atom. The number of imide groups is 1. The number of fused-ring (bicyclic) bond motifs is 1. The minimum atomic E-state index is -0.139. The number of benzene rings is 1. The van der Waals surface area contributed by atoms with Crippen LogP contribution in [0.3, 0.4) is 0 Å². The van der Waals surface area contributed by atoms with Crippen molar-refractivity contribution in [3.8, 4) is 0 Å². The van der Waals surface area contributed by atoms with Crippen LogP contribution < -0.4 is 0 Å². The van der Waals surface area contributed by atoms with E-state index in [0.29, 0.717) is 23.6 Å². The van der Waals surface area contributed by atoms with E-state index < -0.39 is 0 Å². The van der Waals surface area contributed by atoms with E-state index in [0.717, 1.165) is 19.3 Å². The van der Waals surface area contributed by atoms with Crippen LogP contribution in [-0.4, -0.2) is 23.3 Å². The Bertz CT molecular complexity index is 432. The molecule has 0 fully saturated rings. The summed E-state index contributed by atoms with van der Waals surface area (Å²) < 4.78 is 0. The first-order valence-electron chi connectivity index (χ1n) is 6.60. The van der Waals surface area contributed by atoms with E-state index in [9.17, 15) is 9.59 Å². The van der Waals surface area contributed by atoms with Crippen LogP contribution in [0.25, 0.3) is 0 Å². The van der Waals surface area contributed by atoms with Crippen LogP contribution in [0.2, 0.25) is 0 Å². The van der Waals surface area contributed by atoms with Gasteiger partial charge in [-0.3, -0.25) is 14.5 Å². The number of hydrogen-bond donors (Lipinski definition) is 0. The predicted octanol–water partition coefficient (Wildman–Crippen LogP) is 3.11. The van der Waals surface area contributed by atoms with Gasteiger partial charge in [-0.05, 0) is 30.9 Å². The molecular weight excluding hydrogens is 226 g/mol. The van der Waals surface area contributed by atoms with Gasteiger partial charge < -0.3 is 0 Å². The molecule has 1 aliphatic heterocycles. The zero-order chi connectivity index (χ0) is 13.1. The van der Waals surface area contributed by atoms with Crippen LogP contribution in [-0.2, 0) is 0 Å². The van der Waals surface area contributed by atoms with Gasteiger partial charge in [-0.2, -0.15) is 0 Å². The van der Waals surface area contributed by atoms with Crippen molar-refractivity contribution in [1.82, 2.24) is 4.90 Å². The summed E-state index contributed by atoms with van der Waals surface area (Å²) >= 11 is 0. The summed E-state index contributed by atoms with van der Waals surface area (Å²) in [6.45, 7) is 4.89. The van der Waals surface area contributed by atoms with E-state index in [-0.39, 0.29) is 11.8 Å². The van der Waals surface area contributed by atoms with Crippen molar-refractivity contribution in [2.24, 2.45) is 5.92 Å². The second-order valence-corrected chi connectivity index (χ2v) is 4.96. The van der Waals surface area contributed by atoms with Gasteiger partial charge in [0.15, 0.2) is 0 Å². The maximum atomic E-state index is 12.1. The Hall–Kier alpha value is -1.64. The monoisotopic (exact) mass is 245 g/mol. The highest BCUT2D eigenvalue weighted by molar-refractivity contribution is 6.21. The fourth-order valence-corrected chi connectivity index (χ4v) is 2.24. The quantitative estimate of drug-likeness (QED) is 0.747. The molecule has 1 aromatic carbocycles. The van der Waals surface area contributed by atoms with Crippen molar-refractivity contribution < 1.29 is 9.59 Å². The molecule has 0 radical (unpaired) electrons. The van der Waals surface area contributed by atoms with Gasteiger partial charge in [-0.1, -0.05) is 32.4 Å². The standard InChI is InChI=1S/C15H19NO2/c1-3-11(2)7-6-10-16-14(17)12-8-4-5-9-13(12)15(16)18/h4-5,8-9,11H,3,6-7,10H2,1-2H3/t11-/m1/s1. The molecule has 0 saturated carbocycles. The lowest BCUT2D eigenvalue weighted by atomic mass is 10.0. The van der Waals surface area contributed by atoms with Crippen LogP contribution >= 0.6 is 0 Å². The summed E-state index contributed by atoms with van der Waals surface area (Å²) in [6, 6.07) is 7.05. The molecule has 2 amide bonds. The fourth-order valence-electron chi connectivity index (χ4n) is 2.24. The topological polar surface area (TPSA) is 37.4 Å². The fraction of sp³-hybridized carbons (Fsp3) is 0.467. The first kappa shape index (κ1) is 12.8. The second kappa shape index (κ2) is 5.34. The van der Waals surface area contributed by atoms with Crippen LogP contribution in [0, 0.1) is 5.92 Å². The van der Waals surface area contributed by atoms with Crippen LogP contribution in [0.15, 0.2) is 24.3 Å². The number of rotatable bonds is 5. The van der Waals surface area contributed by atoms with E-state index in [1.54, 1.807) is 24.3 Å². The summed E-state index contributed by atoms with van der Waals surface area (Å²) in [5.74, 6) is 0.375. The molecule has 0 bridgehead atoms. The van der Waals surface area contributed by atoms with Gasteiger partial charge in [0.2, 0.25) is 0 Å². The van der Waals surface area contributed by atoms with E-state index in [2.05, 4.69) is 13.8 Å². The average Bonchev–Trinajstić information content (AvgIpc) is 2.64. The molecule has 3 nitrogen and oxygen atoms in total. The number of amides is 2. The molecular formula is C15H19NO2. The Kier molecular flexibility index (Phi) is 3.80. The van der Waals surface area contributed by atoms with Crippen LogP contribution in [0.4, 0.5) is 0 Å². The number of carbonyl (C=O) groups excluding carboxylic acids is 2. The molecule has 0 N–H and O–H groups in total. The van der Waals surface area contributed by atoms with Gasteiger partial charge in [0.05, 0.1) is 11.1 Å². The molecule has 1 aromatic rings. The Morgan fingerprint density at radius 1 is 1.11 bits per heavy atom. The maximum absolute atomic E-state index is 12.1. The smallest absolute Gasteiger partial charge is 0.261 e. The zero-order valence-electron chi connectivity index (χ0n) is 11.0. The van der Waals surface area contributed by atoms with E-state index >= 15 is 0 Å². The third kappa shape index (κ3) is 2.30. The number of carbonyl (C=O) groups is 2. The Balaban J connectivity index is 2.01. The first-order valence-corrected chi connectivity index (χ1v) is 6.60. The molecule has 18 heavy (non-hydrogen) atoms. The summed E-state index contributed by atoms with van der Waals surface area (Å²) in [5, 5.41) is 0. The third-order valence-corrected chi connectivity index (χ3v) is 3.65. The lowest BCUT2D eigenvalue weighted by molar-refractivity contribution is 0.0650. The van der Waals surface area contributed by atoms with Crippen molar-refractivity contribution in [3.05, 3.63) is 35.4 Å². The molecule has 0 unspecified atom stereocenters. The molecule has 0 aromatic heterocycles. The Morgan fingerprint density at radius 3 is 2.17 bits per heavy atom. The number of hydrogen-bond acceptors (Lipinski definition) is 2. The van der Waals surface area contributed by atoms with Gasteiger partial charge in [-0.15, -0.1) is 0 Å². The van der Waals surface area contributed by atoms with Crippen molar-refractivity contribution >= 4 is 11.8 Å². The summed E-state index contributed by atoms with van der Waals surface area (Å²) in [4.78, 5) is 25.5. The SMILES string of the molecule is CC[C@@H](C)CCCN1C(=O)c2ccccc2C1=O. The highest BCUT2D eigenvalue weighted by Crippen LogP contribution is 2.23. The normalized spacial score (nSPS) is 16.0. The zero-order valence-corrected chi connectivity index (χ0v) is 11.0. The molecule has 1 aliphatic rings. The van der Waals surface area contributed by atoms with Gasteiger partial charge in [-0.25, -0.2) is 0 Å². The molecule has 96 valence electrons. The van der Waals surface area contributed by atoms with E-state index in [1.807, 2.05) is 0 Å². The van der Waals surface area contributed by atoms with Crippen molar-refractivity contribution in [2.75, 3.05) is 6.54 Å². The van der Waals surface area contributed by atoms with Crippen molar-refractivity contribution in [1.29, 1.82) is 0 Å². The van der Waals surface area contributed by atoms with Gasteiger partial charge >= 0.3 is 0 Å². The molecule has 0 aliphatic carbocycles. The summed E-state index contributed by atoms with van der Waals surface area (Å²) in [5.41, 5.74) is 1.09. The molecule has 0 saturated heterocycles. The predicted molar refractivity (Wildman–Crippen MR) is 70.5 cm³/mol. The minimum absolute atomic E-state index is 0.139. The van der Waals surface area contributed by atoms with Crippen molar-refractivity contribution in [3.63, 3.8) is 0 Å². The van der Waals surface area contributed by atoms with Crippen LogP contribution in [0.1, 0.15) is 53.8 Å². The van der Waals surface area contributed by atoms with E-state index in [4.69, 9.17) is 0 Å². The van der Waals surface area contributed by atoms with E-state index in [1.165, 1.54) is 4.90 Å². The largest absolute Gasteiger partial charge is 0.274 e. The highest BCUT2D eigenvalue weighted by Gasteiger charge is 2.34. The highest BCUT2D eigenvalue weighted by atomic mass is 16.2.